The second-order valence-corrected chi connectivity index (χ2v) is 32.1. The lowest BCUT2D eigenvalue weighted by Gasteiger charge is -2.18. The van der Waals surface area contributed by atoms with E-state index < -0.39 is 12.2 Å². The fraction of sp³-hybridized carbons (Fsp3) is 0.875. The molecular formula is C96H176O12. The summed E-state index contributed by atoms with van der Waals surface area (Å²) in [6, 6.07) is 0. The highest BCUT2D eigenvalue weighted by atomic mass is 16.6. The first-order chi connectivity index (χ1) is 53.1. The zero-order chi connectivity index (χ0) is 78.3. The van der Waals surface area contributed by atoms with Crippen LogP contribution >= 0.6 is 0 Å². The Morgan fingerprint density at radius 3 is 0.463 bits per heavy atom. The van der Waals surface area contributed by atoms with Gasteiger partial charge in [-0.15, -0.1) is 0 Å². The Morgan fingerprint density at radius 2 is 0.306 bits per heavy atom. The number of allylic oxidation sites excluding steroid dienone is 6. The molecule has 0 fully saturated rings. The molecule has 0 heterocycles. The van der Waals surface area contributed by atoms with Gasteiger partial charge in [0.05, 0.1) is 0 Å². The number of esters is 6. The van der Waals surface area contributed by atoms with E-state index in [2.05, 4.69) is 64.2 Å². The highest BCUT2D eigenvalue weighted by Gasteiger charge is 2.22. The van der Waals surface area contributed by atoms with Crippen molar-refractivity contribution in [1.29, 1.82) is 0 Å². The fourth-order valence-corrected chi connectivity index (χ4v) is 14.1. The van der Waals surface area contributed by atoms with E-state index >= 15 is 0 Å². The summed E-state index contributed by atoms with van der Waals surface area (Å²) in [6.07, 6.45) is 94.6. The quantitative estimate of drug-likeness (QED) is 0.0246. The van der Waals surface area contributed by atoms with Gasteiger partial charge >= 0.3 is 35.8 Å². The van der Waals surface area contributed by atoms with Gasteiger partial charge in [-0.25, -0.2) is 0 Å². The fourth-order valence-electron chi connectivity index (χ4n) is 14.1. The highest BCUT2D eigenvalue weighted by molar-refractivity contribution is 5.72. The van der Waals surface area contributed by atoms with Crippen LogP contribution < -0.4 is 0 Å². The van der Waals surface area contributed by atoms with Gasteiger partial charge < -0.3 is 28.4 Å². The Hall–Kier alpha value is -3.96. The van der Waals surface area contributed by atoms with Crippen molar-refractivity contribution in [2.45, 2.75) is 515 Å². The van der Waals surface area contributed by atoms with Gasteiger partial charge in [0.2, 0.25) is 0 Å². The van der Waals surface area contributed by atoms with E-state index in [1.54, 1.807) is 0 Å². The third-order valence-corrected chi connectivity index (χ3v) is 21.2. The molecule has 632 valence electrons. The molecular weight excluding hydrogens is 1350 g/mol. The topological polar surface area (TPSA) is 158 Å². The van der Waals surface area contributed by atoms with Gasteiger partial charge in [-0.05, 0) is 116 Å². The molecule has 0 N–H and O–H groups in total. The van der Waals surface area contributed by atoms with Crippen LogP contribution in [-0.4, -0.2) is 74.5 Å². The Morgan fingerprint density at radius 1 is 0.176 bits per heavy atom. The SMILES string of the molecule is CCCCCCCC/C=C\CCCCCCCC(=O)OCC(COC(=O)CCCCCCCCCCCCCCCCC)OC(=O)CCCCCCCC=CCCCCCCCC(=O)OC(COC(=O)CCCCCCC/C=C/CCCCCCCC)COC(=O)CCCCCCCCCCCCCCCCC. The second kappa shape index (κ2) is 88.6. The molecule has 0 rings (SSSR count). The number of carbonyl (C=O) groups excluding carboxylic acids is 6. The van der Waals surface area contributed by atoms with Crippen LogP contribution in [0.15, 0.2) is 36.5 Å². The predicted octanol–water partition coefficient (Wildman–Crippen LogP) is 29.6. The molecule has 2 atom stereocenters. The van der Waals surface area contributed by atoms with E-state index in [0.717, 1.165) is 167 Å². The number of unbranched alkanes of at least 4 members (excludes halogenated alkanes) is 60. The average molecular weight is 1520 g/mol. The van der Waals surface area contributed by atoms with Gasteiger partial charge in [-0.2, -0.15) is 0 Å². The largest absolute Gasteiger partial charge is 0.462 e. The van der Waals surface area contributed by atoms with Gasteiger partial charge in [-0.1, -0.05) is 385 Å². The molecule has 0 aromatic carbocycles. The van der Waals surface area contributed by atoms with Crippen LogP contribution in [0.4, 0.5) is 0 Å². The van der Waals surface area contributed by atoms with Crippen molar-refractivity contribution in [3.8, 4) is 0 Å². The summed E-state index contributed by atoms with van der Waals surface area (Å²) in [5.74, 6) is -1.93. The molecule has 0 radical (unpaired) electrons. The van der Waals surface area contributed by atoms with Gasteiger partial charge in [0.25, 0.3) is 0 Å². The van der Waals surface area contributed by atoms with Crippen molar-refractivity contribution >= 4 is 35.8 Å². The number of rotatable bonds is 88. The molecule has 0 amide bonds. The van der Waals surface area contributed by atoms with Crippen LogP contribution in [0, 0.1) is 0 Å². The lowest BCUT2D eigenvalue weighted by molar-refractivity contribution is -0.167. The number of hydrogen-bond donors (Lipinski definition) is 0. The first kappa shape index (κ1) is 104. The molecule has 0 aliphatic carbocycles. The maximum atomic E-state index is 13.1. The summed E-state index contributed by atoms with van der Waals surface area (Å²) >= 11 is 0. The molecule has 108 heavy (non-hydrogen) atoms. The van der Waals surface area contributed by atoms with E-state index in [1.165, 1.54) is 257 Å². The van der Waals surface area contributed by atoms with E-state index in [1.807, 2.05) is 0 Å². The Labute approximate surface area is 667 Å². The number of carbonyl (C=O) groups is 6. The third-order valence-electron chi connectivity index (χ3n) is 21.2. The summed E-state index contributed by atoms with van der Waals surface area (Å²) in [4.78, 5) is 77.4. The lowest BCUT2D eigenvalue weighted by Crippen LogP contribution is -2.30. The predicted molar refractivity (Wildman–Crippen MR) is 455 cm³/mol. The monoisotopic (exact) mass is 1520 g/mol. The first-order valence-corrected chi connectivity index (χ1v) is 47.1. The maximum Gasteiger partial charge on any atom is 0.306 e. The summed E-state index contributed by atoms with van der Waals surface area (Å²) < 4.78 is 34.0. The minimum absolute atomic E-state index is 0.111. The average Bonchev–Trinajstić information content (AvgIpc) is 0.954. The van der Waals surface area contributed by atoms with Crippen LogP contribution in [0.5, 0.6) is 0 Å². The highest BCUT2D eigenvalue weighted by Crippen LogP contribution is 2.20. The second-order valence-electron chi connectivity index (χ2n) is 32.1. The number of hydrogen-bond acceptors (Lipinski definition) is 12. The summed E-state index contributed by atoms with van der Waals surface area (Å²) in [5.41, 5.74) is 0. The van der Waals surface area contributed by atoms with Crippen molar-refractivity contribution in [3.05, 3.63) is 36.5 Å². The molecule has 12 nitrogen and oxygen atoms in total. The smallest absolute Gasteiger partial charge is 0.306 e. The molecule has 0 aromatic heterocycles. The van der Waals surface area contributed by atoms with E-state index in [9.17, 15) is 28.8 Å². The lowest BCUT2D eigenvalue weighted by atomic mass is 10.0. The van der Waals surface area contributed by atoms with E-state index in [0.29, 0.717) is 38.5 Å². The Balaban J connectivity index is 4.73. The molecule has 0 spiro atoms. The zero-order valence-electron chi connectivity index (χ0n) is 71.7. The van der Waals surface area contributed by atoms with Crippen molar-refractivity contribution < 1.29 is 57.2 Å². The first-order valence-electron chi connectivity index (χ1n) is 47.1. The Bertz CT molecular complexity index is 1890. The standard InChI is InChI=1S/C96H176O12/c1-5-9-13-17-21-25-29-33-37-43-49-55-61-67-73-79-91(97)103-85-89(86-104-92(98)80-74-68-62-56-50-44-38-34-30-26-22-18-14-10-6-2)107-95(101)83-77-71-65-59-53-47-41-42-48-54-60-66-72-78-84-96(102)108-90(87-105-93(99)81-75-69-63-57-51-45-39-35-31-27-23-19-15-11-7-3)88-106-94(100)82-76-70-64-58-52-46-40-36-32-28-24-20-16-12-8-4/h33,35,37,39,41-42,89-90H,5-32,34,36,38,40,43-88H2,1-4H3/b37-33-,39-35+,42-41?. The van der Waals surface area contributed by atoms with Gasteiger partial charge in [-0.3, -0.25) is 28.8 Å². The molecule has 0 aliphatic rings. The van der Waals surface area contributed by atoms with Crippen LogP contribution in [-0.2, 0) is 57.2 Å². The van der Waals surface area contributed by atoms with Crippen LogP contribution in [0.2, 0.25) is 0 Å². The third kappa shape index (κ3) is 84.5. The summed E-state index contributed by atoms with van der Waals surface area (Å²) in [5, 5.41) is 0. The van der Waals surface area contributed by atoms with E-state index in [-0.39, 0.29) is 75.1 Å². The van der Waals surface area contributed by atoms with Crippen LogP contribution in [0.3, 0.4) is 0 Å². The van der Waals surface area contributed by atoms with Crippen molar-refractivity contribution in [2.75, 3.05) is 26.4 Å². The number of ether oxygens (including phenoxy) is 6. The molecule has 2 unspecified atom stereocenters. The zero-order valence-corrected chi connectivity index (χ0v) is 71.7. The van der Waals surface area contributed by atoms with Crippen molar-refractivity contribution in [1.82, 2.24) is 0 Å². The van der Waals surface area contributed by atoms with Gasteiger partial charge in [0.1, 0.15) is 26.4 Å². The van der Waals surface area contributed by atoms with Gasteiger partial charge in [0.15, 0.2) is 12.2 Å². The van der Waals surface area contributed by atoms with E-state index in [4.69, 9.17) is 28.4 Å². The molecule has 0 aliphatic heterocycles. The normalized spacial score (nSPS) is 12.2. The van der Waals surface area contributed by atoms with Crippen molar-refractivity contribution in [2.24, 2.45) is 0 Å². The maximum absolute atomic E-state index is 13.1. The van der Waals surface area contributed by atoms with Crippen molar-refractivity contribution in [3.63, 3.8) is 0 Å². The Kier molecular flexibility index (Phi) is 85.4. The molecule has 0 bridgehead atoms. The summed E-state index contributed by atoms with van der Waals surface area (Å²) in [6.45, 7) is 8.61. The van der Waals surface area contributed by atoms with Crippen LogP contribution in [0.1, 0.15) is 503 Å². The minimum Gasteiger partial charge on any atom is -0.462 e. The molecule has 12 heteroatoms. The minimum atomic E-state index is -0.824. The molecule has 0 saturated carbocycles. The van der Waals surface area contributed by atoms with Crippen LogP contribution in [0.25, 0.3) is 0 Å². The molecule has 0 aromatic rings. The molecule has 0 saturated heterocycles. The summed E-state index contributed by atoms with van der Waals surface area (Å²) in [7, 11) is 0. The van der Waals surface area contributed by atoms with Gasteiger partial charge in [0, 0.05) is 38.5 Å².